The fraction of sp³-hybridized carbons (Fsp3) is 0.624. The molecule has 538 valence electrons. The van der Waals surface area contributed by atoms with E-state index in [0.29, 0.717) is 6.42 Å². The van der Waals surface area contributed by atoms with E-state index in [0.717, 1.165) is 135 Å². The minimum Gasteiger partial charge on any atom is -0.462 e. The van der Waals surface area contributed by atoms with Crippen molar-refractivity contribution in [3.05, 3.63) is 182 Å². The molecule has 0 fully saturated rings. The Morgan fingerprint density at radius 3 is 0.811 bits per heavy atom. The van der Waals surface area contributed by atoms with Crippen molar-refractivity contribution in [3.63, 3.8) is 0 Å². The number of rotatable bonds is 70. The molecule has 0 aliphatic rings. The van der Waals surface area contributed by atoms with Gasteiger partial charge in [-0.05, 0) is 135 Å². The largest absolute Gasteiger partial charge is 0.472 e. The lowest BCUT2D eigenvalue weighted by molar-refractivity contribution is -0.161. The standard InChI is InChI=1S/C85H140NO8P/c1-3-5-7-9-11-13-15-17-19-21-23-25-27-29-31-33-35-37-38-39-40-41-42-43-44-46-48-50-52-54-56-58-60-62-64-66-68-70-72-74-76-78-85(88)94-83(82-93-95(89,90)92-80-79-86)81-91-84(87)77-75-73-71-69-67-65-63-61-59-57-55-53-51-49-47-45-36-34-32-30-28-26-24-22-20-18-16-14-12-10-8-6-4-2/h5-8,11-14,17-20,23-26,29-32,35-37,39-40,42-43,45-46,48,83H,3-4,9-10,15-16,21-22,27-28,33-34,38,41,44,47,49-82,86H2,1-2H3,(H,89,90)/b7-5-,8-6-,13-11-,14-12-,19-17-,20-18-,25-23-,26-24-,31-29-,32-30-,37-35-,40-39-,43-42-,45-36-,48-46-. The topological polar surface area (TPSA) is 134 Å². The van der Waals surface area contributed by atoms with Gasteiger partial charge in [0.15, 0.2) is 6.10 Å². The Labute approximate surface area is 584 Å². The summed E-state index contributed by atoms with van der Waals surface area (Å²) in [6.07, 6.45) is 117. The summed E-state index contributed by atoms with van der Waals surface area (Å²) in [6.45, 7) is 3.52. The number of nitrogens with two attached hydrogens (primary N) is 1. The van der Waals surface area contributed by atoms with Gasteiger partial charge in [-0.25, -0.2) is 4.57 Å². The SMILES string of the molecule is CC/C=C\C/C=C\C/C=C\C/C=C\C/C=C\C/C=C\C/C=C\C/C=C\C/C=C\CCCCCCCCCCCCCCCC(=O)OC(COC(=O)CCCCCCCCCCCCCCCC/C=C\C/C=C\C/C=C\C/C=C\C/C=C\C/C=C\CC)COP(=O)(O)OCCN. The molecule has 0 aromatic rings. The van der Waals surface area contributed by atoms with Crippen LogP contribution in [0.1, 0.15) is 309 Å². The highest BCUT2D eigenvalue weighted by Crippen LogP contribution is 2.43. The minimum atomic E-state index is -4.41. The highest BCUT2D eigenvalue weighted by atomic mass is 31.2. The van der Waals surface area contributed by atoms with E-state index in [1.54, 1.807) is 0 Å². The highest BCUT2D eigenvalue weighted by Gasteiger charge is 2.26. The second-order valence-corrected chi connectivity index (χ2v) is 26.2. The Morgan fingerprint density at radius 1 is 0.316 bits per heavy atom. The van der Waals surface area contributed by atoms with E-state index in [2.05, 4.69) is 196 Å². The zero-order valence-corrected chi connectivity index (χ0v) is 61.5. The van der Waals surface area contributed by atoms with Crippen molar-refractivity contribution in [1.82, 2.24) is 0 Å². The number of esters is 2. The number of allylic oxidation sites excluding steroid dienone is 30. The van der Waals surface area contributed by atoms with E-state index in [-0.39, 0.29) is 38.6 Å². The molecule has 0 saturated heterocycles. The first-order valence-electron chi connectivity index (χ1n) is 38.3. The van der Waals surface area contributed by atoms with Gasteiger partial charge in [-0.15, -0.1) is 0 Å². The van der Waals surface area contributed by atoms with E-state index < -0.39 is 26.5 Å². The van der Waals surface area contributed by atoms with E-state index in [1.807, 2.05) is 0 Å². The van der Waals surface area contributed by atoms with Gasteiger partial charge in [0, 0.05) is 19.4 Å². The lowest BCUT2D eigenvalue weighted by Crippen LogP contribution is -2.29. The van der Waals surface area contributed by atoms with Crippen molar-refractivity contribution in [2.45, 2.75) is 315 Å². The van der Waals surface area contributed by atoms with Gasteiger partial charge >= 0.3 is 19.8 Å². The lowest BCUT2D eigenvalue weighted by atomic mass is 10.0. The normalized spacial score (nSPS) is 13.9. The fourth-order valence-electron chi connectivity index (χ4n) is 10.2. The average molecular weight is 1340 g/mol. The lowest BCUT2D eigenvalue weighted by Gasteiger charge is -2.19. The van der Waals surface area contributed by atoms with Gasteiger partial charge < -0.3 is 20.1 Å². The Balaban J connectivity index is 3.90. The number of hydrogen-bond acceptors (Lipinski definition) is 8. The maximum Gasteiger partial charge on any atom is 0.472 e. The van der Waals surface area contributed by atoms with Crippen molar-refractivity contribution in [2.24, 2.45) is 5.73 Å². The summed E-state index contributed by atoms with van der Waals surface area (Å²) in [4.78, 5) is 35.4. The van der Waals surface area contributed by atoms with E-state index in [1.165, 1.54) is 141 Å². The summed E-state index contributed by atoms with van der Waals surface area (Å²) in [5, 5.41) is 0. The summed E-state index contributed by atoms with van der Waals surface area (Å²) in [6, 6.07) is 0. The van der Waals surface area contributed by atoms with Crippen molar-refractivity contribution in [2.75, 3.05) is 26.4 Å². The Bertz CT molecular complexity index is 2220. The van der Waals surface area contributed by atoms with E-state index >= 15 is 0 Å². The number of unbranched alkanes of at least 4 members (excludes halogenated alkanes) is 27. The van der Waals surface area contributed by atoms with Crippen LogP contribution in [-0.2, 0) is 32.7 Å². The third kappa shape index (κ3) is 78.0. The molecule has 0 amide bonds. The molecule has 0 aliphatic carbocycles. The van der Waals surface area contributed by atoms with Gasteiger partial charge in [-0.1, -0.05) is 344 Å². The van der Waals surface area contributed by atoms with E-state index in [9.17, 15) is 19.0 Å². The molecule has 0 heterocycles. The molecule has 2 unspecified atom stereocenters. The number of ether oxygens (including phenoxy) is 2. The van der Waals surface area contributed by atoms with Crippen molar-refractivity contribution in [3.8, 4) is 0 Å². The predicted molar refractivity (Wildman–Crippen MR) is 412 cm³/mol. The van der Waals surface area contributed by atoms with Crippen LogP contribution in [0.15, 0.2) is 182 Å². The van der Waals surface area contributed by atoms with Gasteiger partial charge in [0.05, 0.1) is 13.2 Å². The molecule has 0 saturated carbocycles. The summed E-state index contributed by atoms with van der Waals surface area (Å²) in [5.74, 6) is -0.831. The van der Waals surface area contributed by atoms with Crippen LogP contribution in [0, 0.1) is 0 Å². The van der Waals surface area contributed by atoms with Gasteiger partial charge in [-0.3, -0.25) is 18.6 Å². The van der Waals surface area contributed by atoms with Crippen LogP contribution in [0.2, 0.25) is 0 Å². The summed E-state index contributed by atoms with van der Waals surface area (Å²) < 4.78 is 33.2. The molecule has 3 N–H and O–H groups in total. The molecule has 0 bridgehead atoms. The van der Waals surface area contributed by atoms with Crippen molar-refractivity contribution >= 4 is 19.8 Å². The van der Waals surface area contributed by atoms with Gasteiger partial charge in [0.25, 0.3) is 0 Å². The van der Waals surface area contributed by atoms with Gasteiger partial charge in [0.1, 0.15) is 6.61 Å². The third-order valence-electron chi connectivity index (χ3n) is 15.8. The summed E-state index contributed by atoms with van der Waals surface area (Å²) in [5.41, 5.74) is 5.41. The Morgan fingerprint density at radius 2 is 0.547 bits per heavy atom. The van der Waals surface area contributed by atoms with Crippen LogP contribution >= 0.6 is 7.82 Å². The monoisotopic (exact) mass is 1330 g/mol. The summed E-state index contributed by atoms with van der Waals surface area (Å²) >= 11 is 0. The molecule has 95 heavy (non-hydrogen) atoms. The molecule has 0 spiro atoms. The number of hydrogen-bond donors (Lipinski definition) is 2. The van der Waals surface area contributed by atoms with Crippen LogP contribution in [0.4, 0.5) is 0 Å². The molecular formula is C85H140NO8P. The number of phosphoric ester groups is 1. The first kappa shape index (κ1) is 90.1. The van der Waals surface area contributed by atoms with Gasteiger partial charge in [-0.2, -0.15) is 0 Å². The molecule has 0 radical (unpaired) electrons. The highest BCUT2D eigenvalue weighted by molar-refractivity contribution is 7.47. The Kier molecular flexibility index (Phi) is 74.1. The molecule has 10 heteroatoms. The molecular weight excluding hydrogens is 1190 g/mol. The Hall–Kier alpha value is -4.89. The van der Waals surface area contributed by atoms with Crippen LogP contribution in [0.5, 0.6) is 0 Å². The van der Waals surface area contributed by atoms with Crippen LogP contribution < -0.4 is 5.73 Å². The fourth-order valence-corrected chi connectivity index (χ4v) is 11.0. The van der Waals surface area contributed by atoms with E-state index in [4.69, 9.17) is 24.3 Å². The van der Waals surface area contributed by atoms with Crippen LogP contribution in [0.25, 0.3) is 0 Å². The quantitative estimate of drug-likeness (QED) is 0.0264. The average Bonchev–Trinajstić information content (AvgIpc) is 2.75. The smallest absolute Gasteiger partial charge is 0.462 e. The predicted octanol–water partition coefficient (Wildman–Crippen LogP) is 25.9. The van der Waals surface area contributed by atoms with Gasteiger partial charge in [0.2, 0.25) is 0 Å². The second kappa shape index (κ2) is 78.1. The number of carbonyl (C=O) groups is 2. The molecule has 2 atom stereocenters. The van der Waals surface area contributed by atoms with Crippen LogP contribution in [-0.4, -0.2) is 49.3 Å². The first-order chi connectivity index (χ1) is 46.8. The molecule has 0 aromatic carbocycles. The van der Waals surface area contributed by atoms with Crippen molar-refractivity contribution in [1.29, 1.82) is 0 Å². The minimum absolute atomic E-state index is 0.0465. The molecule has 0 aliphatic heterocycles. The zero-order chi connectivity index (χ0) is 68.6. The first-order valence-corrected chi connectivity index (χ1v) is 39.8. The molecule has 9 nitrogen and oxygen atoms in total. The molecule has 0 rings (SSSR count). The zero-order valence-electron chi connectivity index (χ0n) is 60.6. The number of carbonyl (C=O) groups excluding carboxylic acids is 2. The van der Waals surface area contributed by atoms with Crippen molar-refractivity contribution < 1.29 is 37.6 Å². The maximum atomic E-state index is 12.8. The third-order valence-corrected chi connectivity index (χ3v) is 16.8. The second-order valence-electron chi connectivity index (χ2n) is 24.8. The van der Waals surface area contributed by atoms with Crippen LogP contribution in [0.3, 0.4) is 0 Å². The molecule has 0 aromatic heterocycles. The number of phosphoric acid groups is 1. The maximum absolute atomic E-state index is 12.8. The summed E-state index contributed by atoms with van der Waals surface area (Å²) in [7, 11) is -4.41.